The number of carbonyl (C=O) groups excluding carboxylic acids is 1. The van der Waals surface area contributed by atoms with Crippen LogP contribution >= 0.6 is 11.6 Å². The summed E-state index contributed by atoms with van der Waals surface area (Å²) < 4.78 is 0. The Morgan fingerprint density at radius 1 is 1.53 bits per heavy atom. The maximum absolute atomic E-state index is 11.9. The Kier molecular flexibility index (Phi) is 2.67. The molecule has 0 aliphatic carbocycles. The summed E-state index contributed by atoms with van der Waals surface area (Å²) in [7, 11) is 1.78. The average molecular weight is 225 g/mol. The van der Waals surface area contributed by atoms with Crippen LogP contribution in [0, 0.1) is 0 Å². The van der Waals surface area contributed by atoms with E-state index in [0.717, 1.165) is 17.8 Å². The first-order chi connectivity index (χ1) is 7.15. The second kappa shape index (κ2) is 3.83. The van der Waals surface area contributed by atoms with E-state index in [2.05, 4.69) is 5.32 Å². The van der Waals surface area contributed by atoms with Crippen molar-refractivity contribution in [3.8, 4) is 0 Å². The van der Waals surface area contributed by atoms with Gasteiger partial charge in [0.2, 0.25) is 5.91 Å². The molecule has 1 aliphatic rings. The first-order valence-corrected chi connectivity index (χ1v) is 5.33. The molecule has 0 aromatic heterocycles. The summed E-state index contributed by atoms with van der Waals surface area (Å²) in [6.07, 6.45) is 0. The molecule has 0 fully saturated rings. The van der Waals surface area contributed by atoms with Gasteiger partial charge in [0.05, 0.1) is 0 Å². The maximum atomic E-state index is 11.9. The number of rotatable bonds is 2. The van der Waals surface area contributed by atoms with Crippen molar-refractivity contribution in [2.45, 2.75) is 13.0 Å². The zero-order valence-electron chi connectivity index (χ0n) is 8.75. The number of hydrogen-bond donors (Lipinski definition) is 1. The molecule has 1 N–H and O–H groups in total. The standard InChI is InChI=1S/C11H13ClN2O/c1-3-13-10-8-6-7(12)4-5-9(8)14(2)11(10)15/h4-6,10,13H,3H2,1-2H3. The third kappa shape index (κ3) is 1.62. The SMILES string of the molecule is CCNC1C(=O)N(C)c2ccc(Cl)cc21. The number of fused-ring (bicyclic) bond motifs is 1. The van der Waals surface area contributed by atoms with Gasteiger partial charge in [-0.15, -0.1) is 0 Å². The van der Waals surface area contributed by atoms with E-state index in [-0.39, 0.29) is 11.9 Å². The van der Waals surface area contributed by atoms with Gasteiger partial charge in [-0.25, -0.2) is 0 Å². The predicted octanol–water partition coefficient (Wildman–Crippen LogP) is 1.97. The molecular formula is C11H13ClN2O. The van der Waals surface area contributed by atoms with Crippen molar-refractivity contribution in [2.75, 3.05) is 18.5 Å². The maximum Gasteiger partial charge on any atom is 0.248 e. The van der Waals surface area contributed by atoms with Crippen LogP contribution in [0.2, 0.25) is 5.02 Å². The number of anilines is 1. The van der Waals surface area contributed by atoms with Crippen LogP contribution in [0.5, 0.6) is 0 Å². The Bertz CT molecular complexity index is 406. The van der Waals surface area contributed by atoms with Crippen LogP contribution in [0.25, 0.3) is 0 Å². The first kappa shape index (κ1) is 10.5. The first-order valence-electron chi connectivity index (χ1n) is 4.95. The Balaban J connectivity index is 2.47. The third-order valence-electron chi connectivity index (χ3n) is 2.65. The minimum Gasteiger partial charge on any atom is -0.313 e. The van der Waals surface area contributed by atoms with Crippen molar-refractivity contribution in [3.05, 3.63) is 28.8 Å². The Labute approximate surface area is 94.0 Å². The van der Waals surface area contributed by atoms with Gasteiger partial charge in [0.1, 0.15) is 6.04 Å². The number of carbonyl (C=O) groups is 1. The molecule has 1 aliphatic heterocycles. The highest BCUT2D eigenvalue weighted by Crippen LogP contribution is 2.36. The molecular weight excluding hydrogens is 212 g/mol. The topological polar surface area (TPSA) is 32.3 Å². The zero-order valence-corrected chi connectivity index (χ0v) is 9.51. The second-order valence-electron chi connectivity index (χ2n) is 3.59. The van der Waals surface area contributed by atoms with Crippen LogP contribution in [0.1, 0.15) is 18.5 Å². The summed E-state index contributed by atoms with van der Waals surface area (Å²) in [6, 6.07) is 5.30. The fraction of sp³-hybridized carbons (Fsp3) is 0.364. The molecule has 0 saturated heterocycles. The number of nitrogens with one attached hydrogen (secondary N) is 1. The number of likely N-dealkylation sites (N-methyl/N-ethyl adjacent to an activating group) is 2. The lowest BCUT2D eigenvalue weighted by Gasteiger charge is -2.11. The third-order valence-corrected chi connectivity index (χ3v) is 2.88. The zero-order chi connectivity index (χ0) is 11.0. The summed E-state index contributed by atoms with van der Waals surface area (Å²) in [4.78, 5) is 13.5. The average Bonchev–Trinajstić information content (AvgIpc) is 2.44. The van der Waals surface area contributed by atoms with Gasteiger partial charge in [0.15, 0.2) is 0 Å². The minimum absolute atomic E-state index is 0.0779. The lowest BCUT2D eigenvalue weighted by atomic mass is 10.1. The van der Waals surface area contributed by atoms with Gasteiger partial charge in [-0.2, -0.15) is 0 Å². The fourth-order valence-corrected chi connectivity index (χ4v) is 2.09. The van der Waals surface area contributed by atoms with E-state index in [1.165, 1.54) is 0 Å². The van der Waals surface area contributed by atoms with Gasteiger partial charge in [-0.3, -0.25) is 4.79 Å². The number of hydrogen-bond acceptors (Lipinski definition) is 2. The van der Waals surface area contributed by atoms with Crippen molar-refractivity contribution in [3.63, 3.8) is 0 Å². The Morgan fingerprint density at radius 2 is 2.27 bits per heavy atom. The smallest absolute Gasteiger partial charge is 0.248 e. The van der Waals surface area contributed by atoms with Crippen LogP contribution in [0.15, 0.2) is 18.2 Å². The monoisotopic (exact) mass is 224 g/mol. The molecule has 1 unspecified atom stereocenters. The summed E-state index contributed by atoms with van der Waals surface area (Å²) in [5.74, 6) is 0.0779. The van der Waals surface area contributed by atoms with E-state index in [0.29, 0.717) is 5.02 Å². The van der Waals surface area contributed by atoms with Gasteiger partial charge in [-0.1, -0.05) is 18.5 Å². The predicted molar refractivity (Wildman–Crippen MR) is 61.3 cm³/mol. The molecule has 4 heteroatoms. The lowest BCUT2D eigenvalue weighted by Crippen LogP contribution is -2.32. The van der Waals surface area contributed by atoms with Gasteiger partial charge < -0.3 is 10.2 Å². The van der Waals surface area contributed by atoms with Gasteiger partial charge in [0.25, 0.3) is 0 Å². The lowest BCUT2D eigenvalue weighted by molar-refractivity contribution is -0.119. The van der Waals surface area contributed by atoms with Crippen LogP contribution in [-0.4, -0.2) is 19.5 Å². The van der Waals surface area contributed by atoms with Gasteiger partial charge >= 0.3 is 0 Å². The van der Waals surface area contributed by atoms with Gasteiger partial charge in [-0.05, 0) is 24.7 Å². The molecule has 1 heterocycles. The molecule has 0 saturated carbocycles. The summed E-state index contributed by atoms with van der Waals surface area (Å²) >= 11 is 5.93. The quantitative estimate of drug-likeness (QED) is 0.833. The number of nitrogens with zero attached hydrogens (tertiary/aromatic N) is 1. The summed E-state index contributed by atoms with van der Waals surface area (Å²) in [6.45, 7) is 2.74. The molecule has 0 bridgehead atoms. The molecule has 1 aromatic carbocycles. The van der Waals surface area contributed by atoms with Crippen LogP contribution < -0.4 is 10.2 Å². The Morgan fingerprint density at radius 3 is 2.93 bits per heavy atom. The number of benzene rings is 1. The number of amides is 1. The molecule has 80 valence electrons. The second-order valence-corrected chi connectivity index (χ2v) is 4.03. The largest absolute Gasteiger partial charge is 0.313 e. The molecule has 15 heavy (non-hydrogen) atoms. The minimum atomic E-state index is -0.242. The van der Waals surface area contributed by atoms with Crippen molar-refractivity contribution in [1.29, 1.82) is 0 Å². The van der Waals surface area contributed by atoms with E-state index in [1.807, 2.05) is 19.1 Å². The van der Waals surface area contributed by atoms with Crippen LogP contribution in [0.4, 0.5) is 5.69 Å². The normalized spacial score (nSPS) is 19.5. The van der Waals surface area contributed by atoms with Crippen molar-refractivity contribution in [1.82, 2.24) is 5.32 Å². The molecule has 2 rings (SSSR count). The van der Waals surface area contributed by atoms with E-state index >= 15 is 0 Å². The summed E-state index contributed by atoms with van der Waals surface area (Å²) in [5.41, 5.74) is 1.91. The van der Waals surface area contributed by atoms with Crippen molar-refractivity contribution in [2.24, 2.45) is 0 Å². The van der Waals surface area contributed by atoms with E-state index in [1.54, 1.807) is 18.0 Å². The summed E-state index contributed by atoms with van der Waals surface area (Å²) in [5, 5.41) is 3.82. The highest BCUT2D eigenvalue weighted by molar-refractivity contribution is 6.31. The van der Waals surface area contributed by atoms with Crippen molar-refractivity contribution >= 4 is 23.2 Å². The molecule has 1 amide bonds. The number of halogens is 1. The molecule has 1 atom stereocenters. The Hall–Kier alpha value is -1.06. The van der Waals surface area contributed by atoms with Crippen molar-refractivity contribution < 1.29 is 4.79 Å². The molecule has 0 spiro atoms. The van der Waals surface area contributed by atoms with Gasteiger partial charge in [0, 0.05) is 23.3 Å². The van der Waals surface area contributed by atoms with Crippen LogP contribution in [-0.2, 0) is 4.79 Å². The molecule has 0 radical (unpaired) electrons. The highest BCUT2D eigenvalue weighted by Gasteiger charge is 2.34. The fourth-order valence-electron chi connectivity index (χ4n) is 1.91. The van der Waals surface area contributed by atoms with E-state index in [9.17, 15) is 4.79 Å². The van der Waals surface area contributed by atoms with E-state index in [4.69, 9.17) is 11.6 Å². The molecule has 3 nitrogen and oxygen atoms in total. The highest BCUT2D eigenvalue weighted by atomic mass is 35.5. The molecule has 1 aromatic rings. The van der Waals surface area contributed by atoms with Crippen LogP contribution in [0.3, 0.4) is 0 Å². The van der Waals surface area contributed by atoms with E-state index < -0.39 is 0 Å².